The molecule has 1 aliphatic carbocycles. The molecular weight excluding hydrogens is 455 g/mol. The lowest BCUT2D eigenvalue weighted by molar-refractivity contribution is -0.0188. The smallest absolute Gasteiger partial charge is 0.330 e. The maximum absolute atomic E-state index is 12.3. The number of nitrogens with one attached hydrogen (secondary N) is 1. The van der Waals surface area contributed by atoms with Crippen molar-refractivity contribution in [3.63, 3.8) is 0 Å². The molecule has 3 aliphatic rings. The van der Waals surface area contributed by atoms with Crippen molar-refractivity contribution in [3.8, 4) is 0 Å². The third-order valence-electron chi connectivity index (χ3n) is 6.75. The largest absolute Gasteiger partial charge is 0.352 e. The number of allylic oxidation sites excluding steroid dienone is 1. The Labute approximate surface area is 191 Å². The van der Waals surface area contributed by atoms with Crippen LogP contribution >= 0.6 is 17.1 Å². The van der Waals surface area contributed by atoms with Crippen molar-refractivity contribution in [2.45, 2.75) is 89.1 Å². The lowest BCUT2D eigenvalue weighted by Crippen LogP contribution is -2.39. The summed E-state index contributed by atoms with van der Waals surface area (Å²) < 4.78 is 20.5. The Balaban J connectivity index is 1.51. The van der Waals surface area contributed by atoms with Crippen LogP contribution in [0.25, 0.3) is 0 Å². The zero-order valence-electron chi connectivity index (χ0n) is 18.5. The van der Waals surface area contributed by atoms with E-state index in [-0.39, 0.29) is 28.6 Å². The van der Waals surface area contributed by atoms with E-state index in [2.05, 4.69) is 25.4 Å². The number of aromatic nitrogens is 2. The molecule has 10 heteroatoms. The van der Waals surface area contributed by atoms with Crippen LogP contribution in [0.15, 0.2) is 27.9 Å². The number of hydrogen-bond donors (Lipinski definition) is 1. The molecule has 172 valence electrons. The van der Waals surface area contributed by atoms with Gasteiger partial charge in [-0.3, -0.25) is 14.3 Å². The Morgan fingerprint density at radius 2 is 2.23 bits per heavy atom. The lowest BCUT2D eigenvalue weighted by atomic mass is 9.77. The van der Waals surface area contributed by atoms with E-state index in [9.17, 15) is 9.59 Å². The normalized spacial score (nSPS) is 40.1. The van der Waals surface area contributed by atoms with Gasteiger partial charge in [-0.1, -0.05) is 30.5 Å². The number of aromatic amines is 1. The van der Waals surface area contributed by atoms with Gasteiger partial charge in [-0.25, -0.2) is 4.79 Å². The van der Waals surface area contributed by atoms with Gasteiger partial charge in [0.25, 0.3) is 5.56 Å². The molecular formula is C21H31N2O5PS2. The molecule has 0 aromatic carbocycles. The standard InChI is InChI=1S/C21H31N2O5PS2/c1-6-15-16(10-18(26-15)23-11-13(4)19(24)22-20(23)25)27-29(30)28-17-9-14(12(2)3)7-8-21(17,5)31-29/h11,14-18H,2,6-10H2,1,3-5H3,(H,22,24,25)/t14-,15-,16+,17+,18-,21+,29+/m1/s1. The molecule has 7 nitrogen and oxygen atoms in total. The average Bonchev–Trinajstić information content (AvgIpc) is 3.20. The van der Waals surface area contributed by atoms with Crippen molar-refractivity contribution in [1.29, 1.82) is 0 Å². The van der Waals surface area contributed by atoms with E-state index in [1.807, 2.05) is 6.92 Å². The second-order valence-electron chi connectivity index (χ2n) is 9.16. The first kappa shape index (κ1) is 23.5. The molecule has 1 N–H and O–H groups in total. The summed E-state index contributed by atoms with van der Waals surface area (Å²) in [5, 5.41) is 0. The molecule has 0 spiro atoms. The van der Waals surface area contributed by atoms with Gasteiger partial charge in [-0.2, -0.15) is 0 Å². The van der Waals surface area contributed by atoms with Crippen LogP contribution in [0.5, 0.6) is 0 Å². The first-order valence-electron chi connectivity index (χ1n) is 10.8. The van der Waals surface area contributed by atoms with E-state index < -0.39 is 17.6 Å². The fourth-order valence-electron chi connectivity index (χ4n) is 4.74. The number of hydrogen-bond acceptors (Lipinski definition) is 7. The molecule has 0 unspecified atom stereocenters. The highest BCUT2D eigenvalue weighted by Crippen LogP contribution is 2.76. The van der Waals surface area contributed by atoms with Crippen molar-refractivity contribution in [2.24, 2.45) is 5.92 Å². The zero-order chi connectivity index (χ0) is 22.6. The summed E-state index contributed by atoms with van der Waals surface area (Å²) in [6, 6.07) is 0. The Kier molecular flexibility index (Phi) is 6.49. The molecule has 1 aromatic heterocycles. The van der Waals surface area contributed by atoms with E-state index in [0.717, 1.165) is 25.7 Å². The van der Waals surface area contributed by atoms with Gasteiger partial charge in [0, 0.05) is 22.9 Å². The van der Waals surface area contributed by atoms with E-state index in [0.29, 0.717) is 17.9 Å². The summed E-state index contributed by atoms with van der Waals surface area (Å²) in [6.45, 7) is 12.2. The maximum atomic E-state index is 12.3. The number of nitrogens with zero attached hydrogens (tertiary/aromatic N) is 1. The van der Waals surface area contributed by atoms with Crippen molar-refractivity contribution in [1.82, 2.24) is 9.55 Å². The number of H-pyrrole nitrogens is 1. The van der Waals surface area contributed by atoms with Gasteiger partial charge in [0.2, 0.25) is 5.69 Å². The van der Waals surface area contributed by atoms with Gasteiger partial charge in [-0.05, 0) is 64.2 Å². The molecule has 0 bridgehead atoms. The van der Waals surface area contributed by atoms with Crippen LogP contribution in [0.3, 0.4) is 0 Å². The molecule has 1 aromatic rings. The zero-order valence-corrected chi connectivity index (χ0v) is 21.0. The van der Waals surface area contributed by atoms with Crippen LogP contribution < -0.4 is 11.2 Å². The van der Waals surface area contributed by atoms with Crippen LogP contribution in [0.2, 0.25) is 0 Å². The van der Waals surface area contributed by atoms with Gasteiger partial charge in [0.05, 0.1) is 18.3 Å². The van der Waals surface area contributed by atoms with Gasteiger partial charge >= 0.3 is 5.69 Å². The fraction of sp³-hybridized carbons (Fsp3) is 0.714. The average molecular weight is 487 g/mol. The third kappa shape index (κ3) is 4.55. The molecule has 3 heterocycles. The summed E-state index contributed by atoms with van der Waals surface area (Å²) in [5.41, 5.74) is -1.74. The van der Waals surface area contributed by atoms with Crippen LogP contribution in [0, 0.1) is 12.8 Å². The van der Waals surface area contributed by atoms with E-state index >= 15 is 0 Å². The summed E-state index contributed by atoms with van der Waals surface area (Å²) in [7, 11) is 0. The minimum absolute atomic E-state index is 0.0327. The first-order valence-corrected chi connectivity index (χ1v) is 14.9. The van der Waals surface area contributed by atoms with Crippen molar-refractivity contribution >= 4 is 28.9 Å². The number of ether oxygens (including phenoxy) is 1. The van der Waals surface area contributed by atoms with Crippen molar-refractivity contribution < 1.29 is 13.8 Å². The number of rotatable bonds is 5. The molecule has 0 radical (unpaired) electrons. The number of aryl methyl sites for hydroxylation is 1. The van der Waals surface area contributed by atoms with Gasteiger partial charge in [-0.15, -0.1) is 0 Å². The highest BCUT2D eigenvalue weighted by atomic mass is 32.9. The summed E-state index contributed by atoms with van der Waals surface area (Å²) in [4.78, 5) is 26.4. The highest BCUT2D eigenvalue weighted by Gasteiger charge is 2.54. The maximum Gasteiger partial charge on any atom is 0.330 e. The molecule has 3 fully saturated rings. The molecule has 31 heavy (non-hydrogen) atoms. The fourth-order valence-corrected chi connectivity index (χ4v) is 12.4. The lowest BCUT2D eigenvalue weighted by Gasteiger charge is -2.37. The Hall–Kier alpha value is -0.700. The predicted octanol–water partition coefficient (Wildman–Crippen LogP) is 4.42. The van der Waals surface area contributed by atoms with Gasteiger partial charge in [0.1, 0.15) is 6.23 Å². The molecule has 1 saturated carbocycles. The van der Waals surface area contributed by atoms with Crippen LogP contribution in [-0.2, 0) is 25.6 Å². The van der Waals surface area contributed by atoms with Gasteiger partial charge in [0.15, 0.2) is 0 Å². The first-order chi connectivity index (χ1) is 14.5. The molecule has 2 aliphatic heterocycles. The van der Waals surface area contributed by atoms with E-state index in [4.69, 9.17) is 25.6 Å². The highest BCUT2D eigenvalue weighted by molar-refractivity contribution is 8.68. The summed E-state index contributed by atoms with van der Waals surface area (Å²) in [6.07, 6.45) is 4.97. The quantitative estimate of drug-likeness (QED) is 0.487. The molecule has 4 rings (SSSR count). The Morgan fingerprint density at radius 3 is 2.90 bits per heavy atom. The molecule has 2 saturated heterocycles. The van der Waals surface area contributed by atoms with Crippen LogP contribution in [0.4, 0.5) is 0 Å². The second-order valence-corrected chi connectivity index (χ2v) is 15.7. The molecule has 0 amide bonds. The topological polar surface area (TPSA) is 82.6 Å². The van der Waals surface area contributed by atoms with E-state index in [1.54, 1.807) is 24.5 Å². The Bertz CT molecular complexity index is 1040. The minimum Gasteiger partial charge on any atom is -0.352 e. The molecule has 7 atom stereocenters. The van der Waals surface area contributed by atoms with E-state index in [1.165, 1.54) is 10.1 Å². The Morgan fingerprint density at radius 1 is 1.48 bits per heavy atom. The van der Waals surface area contributed by atoms with Crippen molar-refractivity contribution in [2.75, 3.05) is 0 Å². The van der Waals surface area contributed by atoms with Crippen LogP contribution in [-0.4, -0.2) is 32.6 Å². The monoisotopic (exact) mass is 486 g/mol. The second kappa shape index (κ2) is 8.58. The van der Waals surface area contributed by atoms with Crippen molar-refractivity contribution in [3.05, 3.63) is 44.8 Å². The van der Waals surface area contributed by atoms with Gasteiger partial charge < -0.3 is 13.8 Å². The summed E-state index contributed by atoms with van der Waals surface area (Å²) >= 11 is 7.65. The SMILES string of the molecule is C=C(C)[C@@H]1CC[C@]2(C)S[P@@](=S)(O[C@H]3C[C@H](n4cc(C)c(=O)[nH]c4=O)O[C@@H]3CC)O[C@H]2C1. The predicted molar refractivity (Wildman–Crippen MR) is 127 cm³/mol. The third-order valence-corrected chi connectivity index (χ3v) is 12.5. The summed E-state index contributed by atoms with van der Waals surface area (Å²) in [5.74, 6) is 0.471. The minimum atomic E-state index is -2.55. The van der Waals surface area contributed by atoms with Crippen LogP contribution in [0.1, 0.15) is 64.7 Å². The number of fused-ring (bicyclic) bond motifs is 1.